The van der Waals surface area contributed by atoms with Crippen LogP contribution in [0.2, 0.25) is 0 Å². The third kappa shape index (κ3) is 7.44. The first-order valence-corrected chi connectivity index (χ1v) is 16.3. The van der Waals surface area contributed by atoms with Gasteiger partial charge in [-0.15, -0.1) is 11.6 Å². The Morgan fingerprint density at radius 3 is 2.37 bits per heavy atom. The van der Waals surface area contributed by atoms with E-state index in [1.165, 1.54) is 4.90 Å². The number of halogens is 1. The van der Waals surface area contributed by atoms with Crippen LogP contribution in [0.1, 0.15) is 62.3 Å². The SMILES string of the molecule is COCCOc1cccc(CN(C(=O)C2=C(c3ccc(CCl)cc3)CC3CN(C(=O)OC(C)(C)C)CC2N3C(=O)O)C2CC2)c1C. The van der Waals surface area contributed by atoms with Crippen LogP contribution in [0.3, 0.4) is 0 Å². The summed E-state index contributed by atoms with van der Waals surface area (Å²) < 4.78 is 16.8. The number of carboxylic acid groups (broad SMARTS) is 1. The highest BCUT2D eigenvalue weighted by Crippen LogP contribution is 2.42. The van der Waals surface area contributed by atoms with Crippen molar-refractivity contribution in [1.29, 1.82) is 0 Å². The number of carbonyl (C=O) groups is 3. The Morgan fingerprint density at radius 1 is 1.04 bits per heavy atom. The monoisotopic (exact) mass is 653 g/mol. The van der Waals surface area contributed by atoms with Crippen molar-refractivity contribution in [2.45, 2.75) is 83.1 Å². The number of hydrogen-bond donors (Lipinski definition) is 1. The fraction of sp³-hybridized carbons (Fsp3) is 0.514. The summed E-state index contributed by atoms with van der Waals surface area (Å²) >= 11 is 6.08. The fourth-order valence-electron chi connectivity index (χ4n) is 6.33. The van der Waals surface area contributed by atoms with Crippen molar-refractivity contribution >= 4 is 35.3 Å². The van der Waals surface area contributed by atoms with E-state index in [2.05, 4.69) is 0 Å². The molecule has 46 heavy (non-hydrogen) atoms. The van der Waals surface area contributed by atoms with Gasteiger partial charge in [0, 0.05) is 44.2 Å². The zero-order valence-electron chi connectivity index (χ0n) is 27.3. The molecular weight excluding hydrogens is 610 g/mol. The van der Waals surface area contributed by atoms with Crippen molar-refractivity contribution in [2.75, 3.05) is 33.4 Å². The van der Waals surface area contributed by atoms with Crippen molar-refractivity contribution in [3.8, 4) is 5.75 Å². The first-order chi connectivity index (χ1) is 21.9. The van der Waals surface area contributed by atoms with Crippen LogP contribution in [0, 0.1) is 6.92 Å². The Morgan fingerprint density at radius 2 is 1.76 bits per heavy atom. The highest BCUT2D eigenvalue weighted by atomic mass is 35.5. The highest BCUT2D eigenvalue weighted by Gasteiger charge is 2.50. The standard InChI is InChI=1S/C35H44ClN3O7/c1-22-25(7-6-8-30(22)45-16-15-44-5)19-38(26-13-14-26)32(40)31-28(24-11-9-23(18-36)10-12-24)17-27-20-37(34(43)46-35(2,3)4)21-29(31)39(27)33(41)42/h6-12,26-27,29H,13-21H2,1-5H3,(H,41,42). The molecular formula is C35H44ClN3O7. The van der Waals surface area contributed by atoms with Gasteiger partial charge in [0.25, 0.3) is 5.91 Å². The number of carbonyl (C=O) groups excluding carboxylic acids is 2. The number of amides is 3. The predicted octanol–water partition coefficient (Wildman–Crippen LogP) is 6.08. The van der Waals surface area contributed by atoms with E-state index in [0.717, 1.165) is 46.4 Å². The lowest BCUT2D eigenvalue weighted by molar-refractivity contribution is -0.129. The predicted molar refractivity (Wildman–Crippen MR) is 175 cm³/mol. The van der Waals surface area contributed by atoms with Gasteiger partial charge in [-0.25, -0.2) is 9.59 Å². The first kappa shape index (κ1) is 33.6. The molecule has 2 atom stereocenters. The second kappa shape index (κ2) is 13.9. The summed E-state index contributed by atoms with van der Waals surface area (Å²) in [5.74, 6) is 0.872. The molecule has 1 aliphatic carbocycles. The van der Waals surface area contributed by atoms with Gasteiger partial charge in [-0.05, 0) is 80.9 Å². The number of nitrogens with zero attached hydrogens (tertiary/aromatic N) is 3. The summed E-state index contributed by atoms with van der Waals surface area (Å²) in [6.07, 6.45) is 0.373. The minimum atomic E-state index is -1.12. The second-order valence-corrected chi connectivity index (χ2v) is 13.5. The molecule has 0 aromatic heterocycles. The molecule has 3 amide bonds. The maximum atomic E-state index is 14.9. The van der Waals surface area contributed by atoms with Crippen molar-refractivity contribution in [3.05, 3.63) is 70.3 Å². The van der Waals surface area contributed by atoms with Crippen LogP contribution in [-0.2, 0) is 26.7 Å². The van der Waals surface area contributed by atoms with Crippen LogP contribution >= 0.6 is 11.6 Å². The molecule has 0 spiro atoms. The molecule has 2 bridgehead atoms. The van der Waals surface area contributed by atoms with Gasteiger partial charge in [-0.2, -0.15) is 0 Å². The zero-order chi connectivity index (χ0) is 33.2. The van der Waals surface area contributed by atoms with Crippen LogP contribution in [0.4, 0.5) is 9.59 Å². The summed E-state index contributed by atoms with van der Waals surface area (Å²) in [7, 11) is 1.62. The van der Waals surface area contributed by atoms with E-state index in [0.29, 0.717) is 31.2 Å². The van der Waals surface area contributed by atoms with Crippen molar-refractivity contribution in [2.24, 2.45) is 0 Å². The van der Waals surface area contributed by atoms with Gasteiger partial charge in [-0.1, -0.05) is 36.4 Å². The Kier molecular flexibility index (Phi) is 10.2. The molecule has 248 valence electrons. The third-order valence-electron chi connectivity index (χ3n) is 8.74. The maximum absolute atomic E-state index is 14.9. The smallest absolute Gasteiger partial charge is 0.410 e. The Bertz CT molecular complexity index is 1480. The molecule has 2 heterocycles. The average molecular weight is 654 g/mol. The van der Waals surface area contributed by atoms with Crippen LogP contribution in [-0.4, -0.2) is 95.0 Å². The lowest BCUT2D eigenvalue weighted by atomic mass is 9.81. The first-order valence-electron chi connectivity index (χ1n) is 15.8. The zero-order valence-corrected chi connectivity index (χ0v) is 28.0. The van der Waals surface area contributed by atoms with E-state index in [4.69, 9.17) is 25.8 Å². The number of piperazine rings is 1. The van der Waals surface area contributed by atoms with E-state index in [9.17, 15) is 19.5 Å². The molecule has 2 aromatic rings. The molecule has 1 saturated carbocycles. The summed E-state index contributed by atoms with van der Waals surface area (Å²) in [5.41, 5.74) is 4.18. The van der Waals surface area contributed by atoms with Crippen molar-refractivity contribution in [1.82, 2.24) is 14.7 Å². The molecule has 11 heteroatoms. The van der Waals surface area contributed by atoms with Crippen LogP contribution in [0.5, 0.6) is 5.75 Å². The normalized spacial score (nSPS) is 19.6. The minimum absolute atomic E-state index is 0.0163. The van der Waals surface area contributed by atoms with Gasteiger partial charge in [0.05, 0.1) is 18.7 Å². The van der Waals surface area contributed by atoms with Crippen molar-refractivity contribution < 1.29 is 33.7 Å². The molecule has 2 aliphatic heterocycles. The molecule has 2 aromatic carbocycles. The lowest BCUT2D eigenvalue weighted by Gasteiger charge is -2.50. The van der Waals surface area contributed by atoms with E-state index >= 15 is 0 Å². The topological polar surface area (TPSA) is 109 Å². The fourth-order valence-corrected chi connectivity index (χ4v) is 6.50. The Balaban J connectivity index is 1.56. The average Bonchev–Trinajstić information content (AvgIpc) is 3.85. The van der Waals surface area contributed by atoms with Gasteiger partial charge in [0.15, 0.2) is 0 Å². The van der Waals surface area contributed by atoms with Crippen LogP contribution in [0.15, 0.2) is 48.0 Å². The highest BCUT2D eigenvalue weighted by molar-refractivity contribution is 6.17. The quantitative estimate of drug-likeness (QED) is 0.245. The van der Waals surface area contributed by atoms with Gasteiger partial charge >= 0.3 is 12.2 Å². The summed E-state index contributed by atoms with van der Waals surface area (Å²) in [5, 5.41) is 10.4. The van der Waals surface area contributed by atoms with E-state index < -0.39 is 29.9 Å². The molecule has 5 rings (SSSR count). The van der Waals surface area contributed by atoms with E-state index in [-0.39, 0.29) is 31.5 Å². The summed E-state index contributed by atoms with van der Waals surface area (Å²) in [4.78, 5) is 45.7. The lowest BCUT2D eigenvalue weighted by Crippen LogP contribution is -2.65. The third-order valence-corrected chi connectivity index (χ3v) is 9.05. The van der Waals surface area contributed by atoms with Gasteiger partial charge < -0.3 is 29.1 Å². The molecule has 1 N–H and O–H groups in total. The van der Waals surface area contributed by atoms with Gasteiger partial charge in [0.1, 0.15) is 18.0 Å². The van der Waals surface area contributed by atoms with E-state index in [1.807, 2.05) is 54.3 Å². The van der Waals surface area contributed by atoms with Crippen LogP contribution in [0.25, 0.3) is 5.57 Å². The minimum Gasteiger partial charge on any atom is -0.491 e. The molecule has 0 radical (unpaired) electrons. The number of methoxy groups -OCH3 is 1. The number of benzene rings is 2. The van der Waals surface area contributed by atoms with Crippen LogP contribution < -0.4 is 4.74 Å². The number of ether oxygens (including phenoxy) is 3. The number of hydrogen-bond acceptors (Lipinski definition) is 6. The molecule has 10 nitrogen and oxygen atoms in total. The van der Waals surface area contributed by atoms with Gasteiger partial charge in [0.2, 0.25) is 0 Å². The molecule has 1 saturated heterocycles. The number of alkyl halides is 1. The van der Waals surface area contributed by atoms with E-state index in [1.54, 1.807) is 32.8 Å². The molecule has 2 fully saturated rings. The number of rotatable bonds is 10. The van der Waals surface area contributed by atoms with Crippen molar-refractivity contribution in [3.63, 3.8) is 0 Å². The molecule has 2 unspecified atom stereocenters. The van der Waals surface area contributed by atoms with Gasteiger partial charge in [-0.3, -0.25) is 9.69 Å². The second-order valence-electron chi connectivity index (χ2n) is 13.2. The molecule has 3 aliphatic rings. The number of fused-ring (bicyclic) bond motifs is 2. The Hall–Kier alpha value is -3.76. The largest absolute Gasteiger partial charge is 0.491 e. The maximum Gasteiger partial charge on any atom is 0.410 e. The Labute approximate surface area is 275 Å². The summed E-state index contributed by atoms with van der Waals surface area (Å²) in [6.45, 7) is 8.77. The summed E-state index contributed by atoms with van der Waals surface area (Å²) in [6, 6.07) is 12.2.